The quantitative estimate of drug-likeness (QED) is 0.616. The van der Waals surface area contributed by atoms with E-state index in [1.807, 2.05) is 18.2 Å². The van der Waals surface area contributed by atoms with Gasteiger partial charge in [-0.3, -0.25) is 9.80 Å². The largest absolute Gasteiger partial charge is 0.493 e. The first-order chi connectivity index (χ1) is 14.6. The molecule has 0 atom stereocenters. The second-order valence-electron chi connectivity index (χ2n) is 6.68. The highest BCUT2D eigenvalue weighted by Gasteiger charge is 2.30. The molecular formula is C20H21N5O4S. The van der Waals surface area contributed by atoms with E-state index in [1.165, 1.54) is 0 Å². The predicted molar refractivity (Wildman–Crippen MR) is 113 cm³/mol. The summed E-state index contributed by atoms with van der Waals surface area (Å²) in [6.07, 6.45) is 0.823. The van der Waals surface area contributed by atoms with E-state index in [0.717, 1.165) is 12.0 Å². The molecule has 0 radical (unpaired) electrons. The standard InChI is InChI=1S/C20H21N5O4S/c1-27-17-6-3-5-14(18(17)28-2)12-21-20(30)25-10-4-9-24(25)19(26)13-7-8-15-16(11-13)23-29-22-15/h3,5-8,11H,4,9-10,12H2,1-2H3,(H,21,30). The van der Waals surface area contributed by atoms with Crippen LogP contribution in [0, 0.1) is 0 Å². The van der Waals surface area contributed by atoms with Gasteiger partial charge in [0.1, 0.15) is 11.0 Å². The van der Waals surface area contributed by atoms with Crippen molar-refractivity contribution in [1.82, 2.24) is 25.6 Å². The van der Waals surface area contributed by atoms with Crippen molar-refractivity contribution >= 4 is 34.3 Å². The molecule has 1 saturated heterocycles. The number of ether oxygens (including phenoxy) is 2. The van der Waals surface area contributed by atoms with Crippen molar-refractivity contribution in [3.05, 3.63) is 47.5 Å². The Morgan fingerprint density at radius 1 is 1.13 bits per heavy atom. The summed E-state index contributed by atoms with van der Waals surface area (Å²) < 4.78 is 15.5. The van der Waals surface area contributed by atoms with Gasteiger partial charge >= 0.3 is 0 Å². The molecule has 3 aromatic rings. The van der Waals surface area contributed by atoms with Gasteiger partial charge in [0.2, 0.25) is 0 Å². The molecule has 9 nitrogen and oxygen atoms in total. The third kappa shape index (κ3) is 3.73. The van der Waals surface area contributed by atoms with E-state index in [1.54, 1.807) is 42.4 Å². The van der Waals surface area contributed by atoms with Crippen LogP contribution < -0.4 is 14.8 Å². The topological polar surface area (TPSA) is 93.0 Å². The number of methoxy groups -OCH3 is 2. The molecule has 1 amide bonds. The summed E-state index contributed by atoms with van der Waals surface area (Å²) in [6.45, 7) is 1.67. The molecule has 0 unspecified atom stereocenters. The maximum atomic E-state index is 13.1. The molecule has 0 aliphatic carbocycles. The molecule has 4 rings (SSSR count). The van der Waals surface area contributed by atoms with E-state index < -0.39 is 0 Å². The molecule has 10 heteroatoms. The number of fused-ring (bicyclic) bond motifs is 1. The number of para-hydroxylation sites is 1. The Kier molecular flexibility index (Phi) is 5.66. The monoisotopic (exact) mass is 427 g/mol. The van der Waals surface area contributed by atoms with Crippen LogP contribution in [0.2, 0.25) is 0 Å². The lowest BCUT2D eigenvalue weighted by Crippen LogP contribution is -2.48. The average Bonchev–Trinajstić information content (AvgIpc) is 3.45. The van der Waals surface area contributed by atoms with Crippen molar-refractivity contribution in [1.29, 1.82) is 0 Å². The number of hydrazine groups is 1. The van der Waals surface area contributed by atoms with Gasteiger partial charge in [-0.25, -0.2) is 9.64 Å². The Labute approximate surface area is 178 Å². The lowest BCUT2D eigenvalue weighted by Gasteiger charge is -2.30. The maximum absolute atomic E-state index is 13.1. The second-order valence-corrected chi connectivity index (χ2v) is 7.07. The van der Waals surface area contributed by atoms with E-state index in [0.29, 0.717) is 52.8 Å². The SMILES string of the molecule is COc1cccc(CNC(=S)N2CCCN2C(=O)c2ccc3nonc3c2)c1OC. The molecule has 0 saturated carbocycles. The van der Waals surface area contributed by atoms with Gasteiger partial charge in [-0.2, -0.15) is 0 Å². The zero-order valence-electron chi connectivity index (χ0n) is 16.6. The summed E-state index contributed by atoms with van der Waals surface area (Å²) in [5.41, 5.74) is 2.55. The van der Waals surface area contributed by atoms with Crippen LogP contribution >= 0.6 is 12.2 Å². The zero-order valence-corrected chi connectivity index (χ0v) is 17.4. The summed E-state index contributed by atoms with van der Waals surface area (Å²) >= 11 is 5.57. The van der Waals surface area contributed by atoms with Crippen molar-refractivity contribution < 1.29 is 18.9 Å². The third-order valence-corrected chi connectivity index (χ3v) is 5.27. The Bertz CT molecular complexity index is 1090. The number of carbonyl (C=O) groups excluding carboxylic acids is 1. The van der Waals surface area contributed by atoms with Gasteiger partial charge < -0.3 is 14.8 Å². The molecule has 1 aliphatic rings. The van der Waals surface area contributed by atoms with E-state index in [-0.39, 0.29) is 5.91 Å². The van der Waals surface area contributed by atoms with Crippen LogP contribution in [0.15, 0.2) is 41.0 Å². The first-order valence-corrected chi connectivity index (χ1v) is 9.82. The van der Waals surface area contributed by atoms with Crippen LogP contribution in [0.4, 0.5) is 0 Å². The number of benzene rings is 2. The summed E-state index contributed by atoms with van der Waals surface area (Å²) in [4.78, 5) is 13.1. The molecule has 156 valence electrons. The third-order valence-electron chi connectivity index (χ3n) is 4.92. The first kappa shape index (κ1) is 19.9. The Morgan fingerprint density at radius 2 is 1.93 bits per heavy atom. The molecular weight excluding hydrogens is 406 g/mol. The van der Waals surface area contributed by atoms with E-state index >= 15 is 0 Å². The van der Waals surface area contributed by atoms with Gasteiger partial charge in [0.15, 0.2) is 16.6 Å². The number of aromatic nitrogens is 2. The highest BCUT2D eigenvalue weighted by atomic mass is 32.1. The van der Waals surface area contributed by atoms with Gasteiger partial charge in [0.05, 0.1) is 14.2 Å². The van der Waals surface area contributed by atoms with Gasteiger partial charge in [-0.1, -0.05) is 12.1 Å². The number of rotatable bonds is 5. The summed E-state index contributed by atoms with van der Waals surface area (Å²) in [6, 6.07) is 10.8. The minimum Gasteiger partial charge on any atom is -0.493 e. The Hall–Kier alpha value is -3.40. The number of nitrogens with one attached hydrogen (secondary N) is 1. The summed E-state index contributed by atoms with van der Waals surface area (Å²) in [5.74, 6) is 1.15. The number of hydrogen-bond donors (Lipinski definition) is 1. The van der Waals surface area contributed by atoms with Gasteiger partial charge in [0.25, 0.3) is 5.91 Å². The zero-order chi connectivity index (χ0) is 21.1. The van der Waals surface area contributed by atoms with E-state index in [4.69, 9.17) is 26.3 Å². The minimum atomic E-state index is -0.152. The van der Waals surface area contributed by atoms with Crippen LogP contribution in [0.1, 0.15) is 22.3 Å². The van der Waals surface area contributed by atoms with Crippen LogP contribution in [-0.4, -0.2) is 58.7 Å². The fraction of sp³-hybridized carbons (Fsp3) is 0.300. The highest BCUT2D eigenvalue weighted by molar-refractivity contribution is 7.80. The second kappa shape index (κ2) is 8.54. The number of amides is 1. The lowest BCUT2D eigenvalue weighted by molar-refractivity contribution is 0.0491. The molecule has 1 fully saturated rings. The smallest absolute Gasteiger partial charge is 0.272 e. The fourth-order valence-corrected chi connectivity index (χ4v) is 3.72. The summed E-state index contributed by atoms with van der Waals surface area (Å²) in [5, 5.41) is 14.7. The summed E-state index contributed by atoms with van der Waals surface area (Å²) in [7, 11) is 3.20. The maximum Gasteiger partial charge on any atom is 0.272 e. The highest BCUT2D eigenvalue weighted by Crippen LogP contribution is 2.30. The van der Waals surface area contributed by atoms with Crippen molar-refractivity contribution in [2.24, 2.45) is 0 Å². The lowest BCUT2D eigenvalue weighted by atomic mass is 10.2. The molecule has 1 aliphatic heterocycles. The van der Waals surface area contributed by atoms with Crippen molar-refractivity contribution in [3.63, 3.8) is 0 Å². The van der Waals surface area contributed by atoms with Crippen molar-refractivity contribution in [2.75, 3.05) is 27.3 Å². The van der Waals surface area contributed by atoms with Crippen molar-refractivity contribution in [2.45, 2.75) is 13.0 Å². The molecule has 0 bridgehead atoms. The minimum absolute atomic E-state index is 0.152. The first-order valence-electron chi connectivity index (χ1n) is 9.41. The number of carbonyl (C=O) groups is 1. The van der Waals surface area contributed by atoms with Crippen LogP contribution in [0.5, 0.6) is 11.5 Å². The molecule has 0 spiro atoms. The van der Waals surface area contributed by atoms with E-state index in [2.05, 4.69) is 15.6 Å². The predicted octanol–water partition coefficient (Wildman–Crippen LogP) is 2.38. The Morgan fingerprint density at radius 3 is 2.73 bits per heavy atom. The van der Waals surface area contributed by atoms with Crippen LogP contribution in [0.25, 0.3) is 11.0 Å². The number of nitrogens with zero attached hydrogens (tertiary/aromatic N) is 4. The number of thiocarbonyl (C=S) groups is 1. The van der Waals surface area contributed by atoms with Crippen LogP contribution in [0.3, 0.4) is 0 Å². The van der Waals surface area contributed by atoms with Crippen LogP contribution in [-0.2, 0) is 6.54 Å². The molecule has 1 aromatic heterocycles. The van der Waals surface area contributed by atoms with Gasteiger partial charge in [-0.15, -0.1) is 0 Å². The van der Waals surface area contributed by atoms with E-state index in [9.17, 15) is 4.79 Å². The molecule has 1 N–H and O–H groups in total. The van der Waals surface area contributed by atoms with Gasteiger partial charge in [-0.05, 0) is 53.2 Å². The Balaban J connectivity index is 1.46. The number of hydrogen-bond acceptors (Lipinski definition) is 7. The molecule has 30 heavy (non-hydrogen) atoms. The normalized spacial score (nSPS) is 13.5. The van der Waals surface area contributed by atoms with Gasteiger partial charge in [0, 0.05) is 30.8 Å². The van der Waals surface area contributed by atoms with Crippen molar-refractivity contribution in [3.8, 4) is 11.5 Å². The molecule has 2 aromatic carbocycles. The fourth-order valence-electron chi connectivity index (χ4n) is 3.45. The average molecular weight is 427 g/mol. The molecule has 2 heterocycles.